The third-order valence-electron chi connectivity index (χ3n) is 4.15. The van der Waals surface area contributed by atoms with Gasteiger partial charge < -0.3 is 37.5 Å². The zero-order valence-electron chi connectivity index (χ0n) is 16.5. The van der Waals surface area contributed by atoms with E-state index in [0.717, 1.165) is 0 Å². The lowest BCUT2D eigenvalue weighted by Gasteiger charge is -2.20. The molecule has 3 unspecified atom stereocenters. The van der Waals surface area contributed by atoms with Crippen LogP contribution in [0.4, 0.5) is 0 Å². The second-order valence-corrected chi connectivity index (χ2v) is 6.96. The van der Waals surface area contributed by atoms with Crippen LogP contribution >= 0.6 is 12.6 Å². The van der Waals surface area contributed by atoms with Crippen molar-refractivity contribution in [3.8, 4) is 0 Å². The summed E-state index contributed by atoms with van der Waals surface area (Å²) in [4.78, 5) is 54.6. The van der Waals surface area contributed by atoms with Gasteiger partial charge in [-0.15, -0.1) is 0 Å². The summed E-state index contributed by atoms with van der Waals surface area (Å²) in [6.45, 7) is -0.0237. The molecule has 13 heteroatoms. The summed E-state index contributed by atoms with van der Waals surface area (Å²) in [5.41, 5.74) is 11.6. The van der Waals surface area contributed by atoms with E-state index < -0.39 is 48.4 Å². The highest BCUT2D eigenvalue weighted by atomic mass is 32.1. The van der Waals surface area contributed by atoms with Gasteiger partial charge in [-0.05, 0) is 25.8 Å². The molecule has 0 bridgehead atoms. The van der Waals surface area contributed by atoms with Gasteiger partial charge >= 0.3 is 5.97 Å². The Morgan fingerprint density at radius 3 is 2.47 bits per heavy atom. The van der Waals surface area contributed by atoms with Crippen molar-refractivity contribution >= 4 is 36.3 Å². The summed E-state index contributed by atoms with van der Waals surface area (Å²) in [6, 6.07) is -3.00. The number of hydrogen-bond acceptors (Lipinski definition) is 8. The topological polar surface area (TPSA) is 205 Å². The maximum Gasteiger partial charge on any atom is 0.326 e. The molecule has 30 heavy (non-hydrogen) atoms. The molecule has 3 amide bonds. The molecule has 0 aliphatic heterocycles. The minimum absolute atomic E-state index is 0.0906. The number of rotatable bonds is 14. The van der Waals surface area contributed by atoms with E-state index in [4.69, 9.17) is 11.5 Å². The third-order valence-corrected chi connectivity index (χ3v) is 4.54. The van der Waals surface area contributed by atoms with E-state index in [2.05, 4.69) is 38.5 Å². The van der Waals surface area contributed by atoms with Crippen molar-refractivity contribution in [3.05, 3.63) is 18.2 Å². The molecule has 12 nitrogen and oxygen atoms in total. The standard InChI is InChI=1S/C17H29N7O5S/c18-4-2-1-3-12(17(28)29)23-14(25)7-21-16(27)13(5-10-6-20-9-22-10)24-15(26)11(19)8-30/h6,9,11-13,30H,1-5,7-8,18-19H2,(H,20,22)(H,21,27)(H,23,25)(H,24,26)(H,28,29). The van der Waals surface area contributed by atoms with Crippen molar-refractivity contribution in [3.63, 3.8) is 0 Å². The number of carboxylic acids is 1. The number of carbonyl (C=O) groups is 4. The van der Waals surface area contributed by atoms with Gasteiger partial charge in [-0.1, -0.05) is 0 Å². The number of aliphatic carboxylic acids is 1. The highest BCUT2D eigenvalue weighted by Gasteiger charge is 2.25. The van der Waals surface area contributed by atoms with E-state index in [9.17, 15) is 24.3 Å². The average Bonchev–Trinajstić information content (AvgIpc) is 3.23. The van der Waals surface area contributed by atoms with Gasteiger partial charge in [-0.2, -0.15) is 12.6 Å². The lowest BCUT2D eigenvalue weighted by Crippen LogP contribution is -2.54. The van der Waals surface area contributed by atoms with Crippen LogP contribution in [0.2, 0.25) is 0 Å². The molecule has 9 N–H and O–H groups in total. The van der Waals surface area contributed by atoms with Crippen LogP contribution in [0, 0.1) is 0 Å². The normalized spacial score (nSPS) is 13.7. The smallest absolute Gasteiger partial charge is 0.326 e. The van der Waals surface area contributed by atoms with E-state index in [1.807, 2.05) is 0 Å². The molecule has 0 saturated carbocycles. The molecule has 1 aromatic heterocycles. The lowest BCUT2D eigenvalue weighted by molar-refractivity contribution is -0.142. The molecule has 0 saturated heterocycles. The molecule has 1 aromatic rings. The van der Waals surface area contributed by atoms with Crippen LogP contribution in [0.5, 0.6) is 0 Å². The fraction of sp³-hybridized carbons (Fsp3) is 0.588. The SMILES string of the molecule is NCCCCC(NC(=O)CNC(=O)C(Cc1cnc[nH]1)NC(=O)C(N)CS)C(=O)O. The molecular weight excluding hydrogens is 414 g/mol. The molecule has 0 aromatic carbocycles. The number of aromatic nitrogens is 2. The second kappa shape index (κ2) is 13.6. The number of aromatic amines is 1. The number of carboxylic acid groups (broad SMARTS) is 1. The van der Waals surface area contributed by atoms with Crippen LogP contribution in [0.1, 0.15) is 25.0 Å². The van der Waals surface area contributed by atoms with Crippen molar-refractivity contribution in [2.75, 3.05) is 18.8 Å². The van der Waals surface area contributed by atoms with Crippen molar-refractivity contribution in [1.29, 1.82) is 0 Å². The quantitative estimate of drug-likeness (QED) is 0.114. The molecule has 0 radical (unpaired) electrons. The van der Waals surface area contributed by atoms with Crippen LogP contribution in [0.25, 0.3) is 0 Å². The number of nitrogens with zero attached hydrogens (tertiary/aromatic N) is 1. The van der Waals surface area contributed by atoms with E-state index in [1.54, 1.807) is 0 Å². The fourth-order valence-electron chi connectivity index (χ4n) is 2.47. The van der Waals surface area contributed by atoms with Crippen LogP contribution < -0.4 is 27.4 Å². The maximum atomic E-state index is 12.5. The number of nitrogens with two attached hydrogens (primary N) is 2. The van der Waals surface area contributed by atoms with Gasteiger partial charge in [-0.3, -0.25) is 14.4 Å². The average molecular weight is 444 g/mol. The number of carbonyl (C=O) groups excluding carboxylic acids is 3. The Labute approximate surface area is 179 Å². The van der Waals surface area contributed by atoms with Crippen LogP contribution in [0.3, 0.4) is 0 Å². The van der Waals surface area contributed by atoms with Gasteiger partial charge in [0.05, 0.1) is 18.9 Å². The van der Waals surface area contributed by atoms with Gasteiger partial charge in [0.1, 0.15) is 12.1 Å². The number of H-pyrrole nitrogens is 1. The first-order valence-electron chi connectivity index (χ1n) is 9.42. The number of thiol groups is 1. The number of hydrogen-bond donors (Lipinski definition) is 8. The van der Waals surface area contributed by atoms with Crippen LogP contribution in [-0.2, 0) is 25.6 Å². The zero-order chi connectivity index (χ0) is 22.5. The minimum atomic E-state index is -1.17. The van der Waals surface area contributed by atoms with Gasteiger partial charge in [0.2, 0.25) is 17.7 Å². The van der Waals surface area contributed by atoms with E-state index >= 15 is 0 Å². The summed E-state index contributed by atoms with van der Waals surface area (Å²) in [5.74, 6) is -2.94. The first-order chi connectivity index (χ1) is 14.3. The van der Waals surface area contributed by atoms with Crippen molar-refractivity contribution in [2.24, 2.45) is 11.5 Å². The van der Waals surface area contributed by atoms with Gasteiger partial charge in [0.25, 0.3) is 0 Å². The predicted molar refractivity (Wildman–Crippen MR) is 112 cm³/mol. The molecule has 1 heterocycles. The van der Waals surface area contributed by atoms with Gasteiger partial charge in [-0.25, -0.2) is 9.78 Å². The molecule has 168 valence electrons. The summed E-state index contributed by atoms with van der Waals surface area (Å²) < 4.78 is 0. The zero-order valence-corrected chi connectivity index (χ0v) is 17.4. The fourth-order valence-corrected chi connectivity index (χ4v) is 2.64. The van der Waals surface area contributed by atoms with E-state index in [1.165, 1.54) is 12.5 Å². The van der Waals surface area contributed by atoms with Crippen molar-refractivity contribution in [1.82, 2.24) is 25.9 Å². The molecule has 0 spiro atoms. The number of imidazole rings is 1. The number of unbranched alkanes of at least 4 members (excludes halogenated alkanes) is 1. The minimum Gasteiger partial charge on any atom is -0.480 e. The predicted octanol–water partition coefficient (Wildman–Crippen LogP) is -2.49. The summed E-state index contributed by atoms with van der Waals surface area (Å²) in [5, 5.41) is 16.5. The summed E-state index contributed by atoms with van der Waals surface area (Å²) in [6.07, 6.45) is 4.43. The first-order valence-corrected chi connectivity index (χ1v) is 10.1. The van der Waals surface area contributed by atoms with Crippen LogP contribution in [-0.4, -0.2) is 75.7 Å². The molecule has 0 fully saturated rings. The Balaban J connectivity index is 2.65. The highest BCUT2D eigenvalue weighted by molar-refractivity contribution is 7.80. The maximum absolute atomic E-state index is 12.5. The van der Waals surface area contributed by atoms with E-state index in [0.29, 0.717) is 25.1 Å². The number of amides is 3. The third kappa shape index (κ3) is 9.24. The Morgan fingerprint density at radius 2 is 1.90 bits per heavy atom. The highest BCUT2D eigenvalue weighted by Crippen LogP contribution is 2.02. The second-order valence-electron chi connectivity index (χ2n) is 6.59. The van der Waals surface area contributed by atoms with Crippen molar-refractivity contribution in [2.45, 2.75) is 43.8 Å². The first kappa shape index (κ1) is 25.4. The monoisotopic (exact) mass is 443 g/mol. The molecule has 0 aliphatic carbocycles. The van der Waals surface area contributed by atoms with Gasteiger partial charge in [0, 0.05) is 24.1 Å². The molecule has 0 aliphatic rings. The molecule has 3 atom stereocenters. The lowest BCUT2D eigenvalue weighted by atomic mass is 10.1. The Morgan fingerprint density at radius 1 is 1.17 bits per heavy atom. The summed E-state index contributed by atoms with van der Waals surface area (Å²) >= 11 is 3.95. The van der Waals surface area contributed by atoms with E-state index in [-0.39, 0.29) is 18.6 Å². The Hall–Kier alpha value is -2.64. The largest absolute Gasteiger partial charge is 0.480 e. The van der Waals surface area contributed by atoms with Gasteiger partial charge in [0.15, 0.2) is 0 Å². The van der Waals surface area contributed by atoms with Crippen LogP contribution in [0.15, 0.2) is 12.5 Å². The Bertz CT molecular complexity index is 701. The van der Waals surface area contributed by atoms with Crippen molar-refractivity contribution < 1.29 is 24.3 Å². The molecule has 1 rings (SSSR count). The molecular formula is C17H29N7O5S. The Kier molecular flexibility index (Phi) is 11.5. The number of nitrogens with one attached hydrogen (secondary N) is 4. The summed E-state index contributed by atoms with van der Waals surface area (Å²) in [7, 11) is 0.